The molecule has 1 aliphatic rings. The largest absolute Gasteiger partial charge is 0.450 e. The Morgan fingerprint density at radius 2 is 2.00 bits per heavy atom. The number of esters is 1. The summed E-state index contributed by atoms with van der Waals surface area (Å²) < 4.78 is 4.83. The highest BCUT2D eigenvalue weighted by Crippen LogP contribution is 2.21. The first kappa shape index (κ1) is 15.0. The summed E-state index contributed by atoms with van der Waals surface area (Å²) in [6, 6.07) is 9.28. The summed E-state index contributed by atoms with van der Waals surface area (Å²) in [5, 5.41) is 8.40. The number of benzene rings is 1. The standard InChI is InChI=1S/C16H18N2O3/c1-12-4-2-3-5-14(12)15(19)18-9-6-13(7-10-18)16(20)21-11-8-17/h2-5,13H,6-7,9-11H2,1H3. The molecular formula is C16H18N2O3. The molecule has 0 spiro atoms. The van der Waals surface area contributed by atoms with Crippen molar-refractivity contribution < 1.29 is 14.3 Å². The van der Waals surface area contributed by atoms with Gasteiger partial charge in [-0.1, -0.05) is 18.2 Å². The van der Waals surface area contributed by atoms with Crippen molar-refractivity contribution in [2.45, 2.75) is 19.8 Å². The van der Waals surface area contributed by atoms with E-state index in [0.29, 0.717) is 31.5 Å². The van der Waals surface area contributed by atoms with E-state index in [1.807, 2.05) is 31.2 Å². The van der Waals surface area contributed by atoms with E-state index in [1.54, 1.807) is 11.0 Å². The second-order valence-electron chi connectivity index (χ2n) is 5.15. The summed E-state index contributed by atoms with van der Waals surface area (Å²) in [7, 11) is 0. The van der Waals surface area contributed by atoms with Gasteiger partial charge in [0.25, 0.3) is 5.91 Å². The number of rotatable bonds is 3. The molecule has 5 heteroatoms. The zero-order valence-electron chi connectivity index (χ0n) is 12.0. The zero-order valence-corrected chi connectivity index (χ0v) is 12.0. The number of nitriles is 1. The van der Waals surface area contributed by atoms with Crippen LogP contribution in [0, 0.1) is 24.2 Å². The van der Waals surface area contributed by atoms with E-state index >= 15 is 0 Å². The van der Waals surface area contributed by atoms with Gasteiger partial charge in [0.15, 0.2) is 6.61 Å². The van der Waals surface area contributed by atoms with Crippen LogP contribution >= 0.6 is 0 Å². The van der Waals surface area contributed by atoms with Crippen molar-refractivity contribution in [3.63, 3.8) is 0 Å². The number of carbonyl (C=O) groups is 2. The van der Waals surface area contributed by atoms with E-state index in [2.05, 4.69) is 0 Å². The lowest BCUT2D eigenvalue weighted by Crippen LogP contribution is -2.40. The number of piperidine rings is 1. The van der Waals surface area contributed by atoms with Crippen LogP contribution in [0.15, 0.2) is 24.3 Å². The summed E-state index contributed by atoms with van der Waals surface area (Å²) in [6.07, 6.45) is 1.17. The summed E-state index contributed by atoms with van der Waals surface area (Å²) >= 11 is 0. The minimum absolute atomic E-state index is 0.0111. The van der Waals surface area contributed by atoms with Crippen molar-refractivity contribution in [3.8, 4) is 6.07 Å². The number of ether oxygens (including phenoxy) is 1. The number of nitrogens with zero attached hydrogens (tertiary/aromatic N) is 2. The van der Waals surface area contributed by atoms with Gasteiger partial charge in [-0.3, -0.25) is 9.59 Å². The van der Waals surface area contributed by atoms with E-state index < -0.39 is 0 Å². The summed E-state index contributed by atoms with van der Waals surface area (Å²) in [5.41, 5.74) is 1.67. The number of likely N-dealkylation sites (tertiary alicyclic amines) is 1. The van der Waals surface area contributed by atoms with Crippen LogP contribution in [0.4, 0.5) is 0 Å². The Morgan fingerprint density at radius 3 is 2.62 bits per heavy atom. The van der Waals surface area contributed by atoms with Crippen LogP contribution in [0.5, 0.6) is 0 Å². The van der Waals surface area contributed by atoms with Gasteiger partial charge in [-0.15, -0.1) is 0 Å². The lowest BCUT2D eigenvalue weighted by molar-refractivity contribution is -0.148. The molecule has 0 N–H and O–H groups in total. The molecule has 1 amide bonds. The normalized spacial score (nSPS) is 15.3. The monoisotopic (exact) mass is 286 g/mol. The summed E-state index contributed by atoms with van der Waals surface area (Å²) in [6.45, 7) is 2.79. The average molecular weight is 286 g/mol. The molecule has 0 unspecified atom stereocenters. The third kappa shape index (κ3) is 3.60. The molecule has 1 aromatic carbocycles. The van der Waals surface area contributed by atoms with Crippen LogP contribution in [0.25, 0.3) is 0 Å². The van der Waals surface area contributed by atoms with E-state index in [4.69, 9.17) is 10.00 Å². The molecule has 0 saturated carbocycles. The smallest absolute Gasteiger partial charge is 0.310 e. The molecule has 0 bridgehead atoms. The van der Waals surface area contributed by atoms with Gasteiger partial charge >= 0.3 is 5.97 Å². The van der Waals surface area contributed by atoms with Crippen molar-refractivity contribution in [1.82, 2.24) is 4.90 Å². The van der Waals surface area contributed by atoms with Crippen LogP contribution in [0.1, 0.15) is 28.8 Å². The number of hydrogen-bond acceptors (Lipinski definition) is 4. The average Bonchev–Trinajstić information content (AvgIpc) is 2.52. The fourth-order valence-electron chi connectivity index (χ4n) is 2.52. The van der Waals surface area contributed by atoms with Gasteiger partial charge < -0.3 is 9.64 Å². The number of aryl methyl sites for hydroxylation is 1. The maximum Gasteiger partial charge on any atom is 0.310 e. The maximum absolute atomic E-state index is 12.4. The molecule has 5 nitrogen and oxygen atoms in total. The summed E-state index contributed by atoms with van der Waals surface area (Å²) in [5.74, 6) is -0.532. The highest BCUT2D eigenvalue weighted by atomic mass is 16.5. The van der Waals surface area contributed by atoms with Gasteiger partial charge in [0, 0.05) is 18.7 Å². The molecule has 21 heavy (non-hydrogen) atoms. The predicted octanol–water partition coefficient (Wildman–Crippen LogP) is 1.91. The molecule has 2 rings (SSSR count). The van der Waals surface area contributed by atoms with Gasteiger partial charge in [-0.05, 0) is 31.4 Å². The number of hydrogen-bond donors (Lipinski definition) is 0. The predicted molar refractivity (Wildman–Crippen MR) is 76.4 cm³/mol. The molecule has 0 radical (unpaired) electrons. The molecule has 1 fully saturated rings. The molecule has 0 aliphatic carbocycles. The Kier molecular flexibility index (Phi) is 4.94. The molecule has 0 aromatic heterocycles. The van der Waals surface area contributed by atoms with Crippen molar-refractivity contribution in [3.05, 3.63) is 35.4 Å². The quantitative estimate of drug-likeness (QED) is 0.796. The lowest BCUT2D eigenvalue weighted by atomic mass is 9.96. The minimum atomic E-state index is -0.334. The zero-order chi connectivity index (χ0) is 15.2. The lowest BCUT2D eigenvalue weighted by Gasteiger charge is -2.31. The Morgan fingerprint density at radius 1 is 1.33 bits per heavy atom. The van der Waals surface area contributed by atoms with Crippen molar-refractivity contribution >= 4 is 11.9 Å². The first-order chi connectivity index (χ1) is 10.1. The van der Waals surface area contributed by atoms with Gasteiger partial charge in [0.2, 0.25) is 0 Å². The van der Waals surface area contributed by atoms with Gasteiger partial charge in [-0.25, -0.2) is 0 Å². The Hall–Kier alpha value is -2.35. The SMILES string of the molecule is Cc1ccccc1C(=O)N1CCC(C(=O)OCC#N)CC1. The molecule has 1 aromatic rings. The van der Waals surface area contributed by atoms with Crippen LogP contribution in [-0.2, 0) is 9.53 Å². The first-order valence-electron chi connectivity index (χ1n) is 7.02. The van der Waals surface area contributed by atoms with Crippen LogP contribution in [-0.4, -0.2) is 36.5 Å². The van der Waals surface area contributed by atoms with Crippen LogP contribution in [0.2, 0.25) is 0 Å². The molecule has 110 valence electrons. The second-order valence-corrected chi connectivity index (χ2v) is 5.15. The van der Waals surface area contributed by atoms with E-state index in [1.165, 1.54) is 0 Å². The minimum Gasteiger partial charge on any atom is -0.450 e. The third-order valence-electron chi connectivity index (χ3n) is 3.77. The van der Waals surface area contributed by atoms with E-state index in [-0.39, 0.29) is 24.4 Å². The Bertz CT molecular complexity index is 569. The molecule has 1 aliphatic heterocycles. The fourth-order valence-corrected chi connectivity index (χ4v) is 2.52. The van der Waals surface area contributed by atoms with Crippen molar-refractivity contribution in [2.24, 2.45) is 5.92 Å². The number of amides is 1. The highest BCUT2D eigenvalue weighted by molar-refractivity contribution is 5.95. The first-order valence-corrected chi connectivity index (χ1v) is 7.02. The van der Waals surface area contributed by atoms with E-state index in [0.717, 1.165) is 5.56 Å². The summed E-state index contributed by atoms with van der Waals surface area (Å²) in [4.78, 5) is 25.9. The van der Waals surface area contributed by atoms with Gasteiger partial charge in [-0.2, -0.15) is 5.26 Å². The topological polar surface area (TPSA) is 70.4 Å². The van der Waals surface area contributed by atoms with Crippen molar-refractivity contribution in [1.29, 1.82) is 5.26 Å². The molecular weight excluding hydrogens is 268 g/mol. The maximum atomic E-state index is 12.4. The Balaban J connectivity index is 1.92. The number of carbonyl (C=O) groups excluding carboxylic acids is 2. The van der Waals surface area contributed by atoms with Gasteiger partial charge in [0.05, 0.1) is 5.92 Å². The Labute approximate surface area is 124 Å². The van der Waals surface area contributed by atoms with Crippen molar-refractivity contribution in [2.75, 3.05) is 19.7 Å². The molecule has 1 saturated heterocycles. The molecule has 1 heterocycles. The van der Waals surface area contributed by atoms with E-state index in [9.17, 15) is 9.59 Å². The fraction of sp³-hybridized carbons (Fsp3) is 0.438. The second kappa shape index (κ2) is 6.89. The molecule has 0 atom stereocenters. The highest BCUT2D eigenvalue weighted by Gasteiger charge is 2.29. The van der Waals surface area contributed by atoms with Gasteiger partial charge in [0.1, 0.15) is 6.07 Å². The third-order valence-corrected chi connectivity index (χ3v) is 3.77. The van der Waals surface area contributed by atoms with Crippen LogP contribution in [0.3, 0.4) is 0 Å². The van der Waals surface area contributed by atoms with Crippen LogP contribution < -0.4 is 0 Å².